The predicted molar refractivity (Wildman–Crippen MR) is 75.8 cm³/mol. The summed E-state index contributed by atoms with van der Waals surface area (Å²) in [7, 11) is 0. The van der Waals surface area contributed by atoms with E-state index in [9.17, 15) is 4.79 Å². The van der Waals surface area contributed by atoms with Crippen molar-refractivity contribution in [1.82, 2.24) is 10.6 Å². The molecule has 2 aromatic rings. The minimum atomic E-state index is -0.226. The Kier molecular flexibility index (Phi) is 4.22. The minimum absolute atomic E-state index is 0.0165. The van der Waals surface area contributed by atoms with Crippen LogP contribution >= 0.6 is 0 Å². The van der Waals surface area contributed by atoms with Crippen LogP contribution in [0.15, 0.2) is 34.9 Å². The van der Waals surface area contributed by atoms with Gasteiger partial charge in [0.2, 0.25) is 5.91 Å². The molecular formula is C15H20N2O2. The van der Waals surface area contributed by atoms with Crippen molar-refractivity contribution in [2.24, 2.45) is 0 Å². The number of hydrogen-bond acceptors (Lipinski definition) is 3. The van der Waals surface area contributed by atoms with Gasteiger partial charge in [-0.3, -0.25) is 4.79 Å². The van der Waals surface area contributed by atoms with E-state index in [1.54, 1.807) is 6.26 Å². The molecule has 0 aliphatic carbocycles. The Bertz CT molecular complexity index is 560. The van der Waals surface area contributed by atoms with E-state index in [0.717, 1.165) is 16.5 Å². The largest absolute Gasteiger partial charge is 0.464 e. The van der Waals surface area contributed by atoms with Gasteiger partial charge in [-0.15, -0.1) is 0 Å². The summed E-state index contributed by atoms with van der Waals surface area (Å²) in [5, 5.41) is 7.18. The van der Waals surface area contributed by atoms with E-state index in [1.165, 1.54) is 0 Å². The Morgan fingerprint density at radius 1 is 1.26 bits per heavy atom. The average molecular weight is 260 g/mol. The molecule has 0 saturated heterocycles. The molecule has 0 saturated carbocycles. The summed E-state index contributed by atoms with van der Waals surface area (Å²) >= 11 is 0. The molecule has 102 valence electrons. The number of rotatable bonds is 5. The predicted octanol–water partition coefficient (Wildman–Crippen LogP) is 2.44. The first-order chi connectivity index (χ1) is 9.08. The zero-order valence-electron chi connectivity index (χ0n) is 11.6. The highest BCUT2D eigenvalue weighted by Crippen LogP contribution is 2.20. The molecule has 0 spiro atoms. The number of nitrogens with one attached hydrogen (secondary N) is 2. The van der Waals surface area contributed by atoms with Gasteiger partial charge in [-0.2, -0.15) is 0 Å². The fourth-order valence-electron chi connectivity index (χ4n) is 1.93. The van der Waals surface area contributed by atoms with Crippen molar-refractivity contribution in [3.63, 3.8) is 0 Å². The fraction of sp³-hybridized carbons (Fsp3) is 0.400. The van der Waals surface area contributed by atoms with Crippen molar-refractivity contribution in [2.45, 2.75) is 39.4 Å². The molecule has 1 atom stereocenters. The van der Waals surface area contributed by atoms with E-state index in [1.807, 2.05) is 45.0 Å². The van der Waals surface area contributed by atoms with Crippen LogP contribution in [0, 0.1) is 0 Å². The third kappa shape index (κ3) is 3.35. The molecule has 4 nitrogen and oxygen atoms in total. The van der Waals surface area contributed by atoms with E-state index in [2.05, 4.69) is 10.6 Å². The Labute approximate surface area is 113 Å². The van der Waals surface area contributed by atoms with Crippen LogP contribution in [0.1, 0.15) is 26.3 Å². The number of furan rings is 1. The van der Waals surface area contributed by atoms with Gasteiger partial charge in [0.05, 0.1) is 12.3 Å². The van der Waals surface area contributed by atoms with Gasteiger partial charge in [-0.1, -0.05) is 18.2 Å². The minimum Gasteiger partial charge on any atom is -0.464 e. The lowest BCUT2D eigenvalue weighted by Gasteiger charge is -2.15. The van der Waals surface area contributed by atoms with E-state index in [4.69, 9.17) is 4.42 Å². The van der Waals surface area contributed by atoms with Crippen LogP contribution in [-0.4, -0.2) is 18.0 Å². The standard InChI is InChI=1S/C15H20N2O2/c1-10(2)17-15(18)11(3)16-8-12-9-19-14-7-5-4-6-13(12)14/h4-7,9-11,16H,8H2,1-3H3,(H,17,18). The summed E-state index contributed by atoms with van der Waals surface area (Å²) in [5.41, 5.74) is 1.94. The first-order valence-corrected chi connectivity index (χ1v) is 6.57. The maximum absolute atomic E-state index is 11.8. The van der Waals surface area contributed by atoms with E-state index in [0.29, 0.717) is 6.54 Å². The zero-order chi connectivity index (χ0) is 13.8. The topological polar surface area (TPSA) is 54.3 Å². The second-order valence-corrected chi connectivity index (χ2v) is 5.02. The van der Waals surface area contributed by atoms with Gasteiger partial charge in [0.25, 0.3) is 0 Å². The third-order valence-electron chi connectivity index (χ3n) is 2.98. The molecule has 0 bridgehead atoms. The van der Waals surface area contributed by atoms with Gasteiger partial charge in [0.1, 0.15) is 5.58 Å². The maximum Gasteiger partial charge on any atom is 0.237 e. The van der Waals surface area contributed by atoms with Crippen molar-refractivity contribution in [2.75, 3.05) is 0 Å². The molecule has 0 radical (unpaired) electrons. The summed E-state index contributed by atoms with van der Waals surface area (Å²) in [4.78, 5) is 11.8. The Hall–Kier alpha value is -1.81. The van der Waals surface area contributed by atoms with Crippen LogP contribution in [0.3, 0.4) is 0 Å². The highest BCUT2D eigenvalue weighted by molar-refractivity contribution is 5.82. The zero-order valence-corrected chi connectivity index (χ0v) is 11.6. The highest BCUT2D eigenvalue weighted by atomic mass is 16.3. The van der Waals surface area contributed by atoms with Crippen molar-refractivity contribution in [3.8, 4) is 0 Å². The number of fused-ring (bicyclic) bond motifs is 1. The van der Waals surface area contributed by atoms with Gasteiger partial charge in [0, 0.05) is 23.5 Å². The average Bonchev–Trinajstić information content (AvgIpc) is 2.78. The molecule has 0 aliphatic rings. The van der Waals surface area contributed by atoms with Crippen LogP contribution in [0.5, 0.6) is 0 Å². The van der Waals surface area contributed by atoms with Gasteiger partial charge < -0.3 is 15.1 Å². The first kappa shape index (κ1) is 13.6. The van der Waals surface area contributed by atoms with Crippen LogP contribution in [0.25, 0.3) is 11.0 Å². The van der Waals surface area contributed by atoms with Crippen LogP contribution in [0.4, 0.5) is 0 Å². The molecule has 1 amide bonds. The fourth-order valence-corrected chi connectivity index (χ4v) is 1.93. The molecule has 2 rings (SSSR count). The second-order valence-electron chi connectivity index (χ2n) is 5.02. The van der Waals surface area contributed by atoms with E-state index < -0.39 is 0 Å². The highest BCUT2D eigenvalue weighted by Gasteiger charge is 2.14. The molecule has 19 heavy (non-hydrogen) atoms. The van der Waals surface area contributed by atoms with Gasteiger partial charge in [0.15, 0.2) is 0 Å². The van der Waals surface area contributed by atoms with Crippen LogP contribution < -0.4 is 10.6 Å². The molecule has 1 unspecified atom stereocenters. The number of amides is 1. The summed E-state index contributed by atoms with van der Waals surface area (Å²) < 4.78 is 5.47. The van der Waals surface area contributed by atoms with Crippen molar-refractivity contribution < 1.29 is 9.21 Å². The normalized spacial score (nSPS) is 12.8. The number of hydrogen-bond donors (Lipinski definition) is 2. The number of carbonyl (C=O) groups is 1. The smallest absolute Gasteiger partial charge is 0.237 e. The number of para-hydroxylation sites is 1. The summed E-state index contributed by atoms with van der Waals surface area (Å²) in [6.07, 6.45) is 1.74. The molecule has 1 aromatic heterocycles. The molecular weight excluding hydrogens is 240 g/mol. The maximum atomic E-state index is 11.8. The molecule has 0 aliphatic heterocycles. The molecule has 1 aromatic carbocycles. The summed E-state index contributed by atoms with van der Waals surface area (Å²) in [6.45, 7) is 6.38. The van der Waals surface area contributed by atoms with Gasteiger partial charge >= 0.3 is 0 Å². The van der Waals surface area contributed by atoms with Crippen LogP contribution in [0.2, 0.25) is 0 Å². The van der Waals surface area contributed by atoms with Crippen LogP contribution in [-0.2, 0) is 11.3 Å². The lowest BCUT2D eigenvalue weighted by atomic mass is 10.1. The van der Waals surface area contributed by atoms with E-state index in [-0.39, 0.29) is 18.0 Å². The first-order valence-electron chi connectivity index (χ1n) is 6.57. The Morgan fingerprint density at radius 2 is 2.00 bits per heavy atom. The monoisotopic (exact) mass is 260 g/mol. The lowest BCUT2D eigenvalue weighted by molar-refractivity contribution is -0.123. The molecule has 1 heterocycles. The molecule has 4 heteroatoms. The third-order valence-corrected chi connectivity index (χ3v) is 2.98. The van der Waals surface area contributed by atoms with Crippen molar-refractivity contribution in [3.05, 3.63) is 36.1 Å². The molecule has 2 N–H and O–H groups in total. The van der Waals surface area contributed by atoms with Crippen molar-refractivity contribution >= 4 is 16.9 Å². The van der Waals surface area contributed by atoms with Crippen molar-refractivity contribution in [1.29, 1.82) is 0 Å². The summed E-state index contributed by atoms with van der Waals surface area (Å²) in [6, 6.07) is 7.82. The Balaban J connectivity index is 1.97. The summed E-state index contributed by atoms with van der Waals surface area (Å²) in [5.74, 6) is 0.0165. The quantitative estimate of drug-likeness (QED) is 0.868. The van der Waals surface area contributed by atoms with Gasteiger partial charge in [-0.05, 0) is 26.8 Å². The SMILES string of the molecule is CC(C)NC(=O)C(C)NCc1coc2ccccc12. The lowest BCUT2D eigenvalue weighted by Crippen LogP contribution is -2.44. The number of carbonyl (C=O) groups excluding carboxylic acids is 1. The Morgan fingerprint density at radius 3 is 2.74 bits per heavy atom. The van der Waals surface area contributed by atoms with E-state index >= 15 is 0 Å². The number of benzene rings is 1. The molecule has 0 fully saturated rings. The second kappa shape index (κ2) is 5.89. The van der Waals surface area contributed by atoms with Gasteiger partial charge in [-0.25, -0.2) is 0 Å².